The van der Waals surface area contributed by atoms with Gasteiger partial charge in [0.15, 0.2) is 0 Å². The highest BCUT2D eigenvalue weighted by Gasteiger charge is 2.17. The minimum absolute atomic E-state index is 0.312. The van der Waals surface area contributed by atoms with Gasteiger partial charge in [-0.2, -0.15) is 0 Å². The molecule has 0 aliphatic carbocycles. The third-order valence-electron chi connectivity index (χ3n) is 2.67. The number of amides is 1. The van der Waals surface area contributed by atoms with E-state index in [0.717, 1.165) is 16.6 Å². The van der Waals surface area contributed by atoms with Crippen molar-refractivity contribution in [1.82, 2.24) is 9.55 Å². The molecule has 0 spiro atoms. The second kappa shape index (κ2) is 3.52. The Kier molecular flexibility index (Phi) is 2.30. The molecule has 5 nitrogen and oxygen atoms in total. The molecule has 2 rings (SSSR count). The number of rotatable bonds is 2. The summed E-state index contributed by atoms with van der Waals surface area (Å²) in [7, 11) is 0. The Morgan fingerprint density at radius 2 is 2.19 bits per heavy atom. The van der Waals surface area contributed by atoms with Crippen LogP contribution >= 0.6 is 0 Å². The zero-order chi connectivity index (χ0) is 11.9. The number of nitrogen functional groups attached to an aromatic ring is 1. The number of hydrogen-bond donors (Lipinski definition) is 2. The molecule has 4 N–H and O–H groups in total. The minimum atomic E-state index is -0.494. The summed E-state index contributed by atoms with van der Waals surface area (Å²) in [6.45, 7) is 3.68. The lowest BCUT2D eigenvalue weighted by molar-refractivity contribution is -0.120. The van der Waals surface area contributed by atoms with Crippen molar-refractivity contribution in [2.75, 3.05) is 5.73 Å². The lowest BCUT2D eigenvalue weighted by Crippen LogP contribution is -2.24. The zero-order valence-corrected chi connectivity index (χ0v) is 9.27. The summed E-state index contributed by atoms with van der Waals surface area (Å²) < 4.78 is 1.66. The van der Waals surface area contributed by atoms with E-state index in [1.807, 2.05) is 25.1 Å². The van der Waals surface area contributed by atoms with E-state index in [-0.39, 0.29) is 0 Å². The van der Waals surface area contributed by atoms with E-state index in [1.165, 1.54) is 0 Å². The fourth-order valence-corrected chi connectivity index (χ4v) is 1.76. The number of nitrogens with two attached hydrogens (primary N) is 2. The molecule has 16 heavy (non-hydrogen) atoms. The molecule has 84 valence electrons. The van der Waals surface area contributed by atoms with Crippen LogP contribution in [0.5, 0.6) is 0 Å². The Hall–Kier alpha value is -2.04. The molecule has 1 aromatic carbocycles. The maximum atomic E-state index is 11.2. The van der Waals surface area contributed by atoms with Gasteiger partial charge in [0.2, 0.25) is 11.9 Å². The average molecular weight is 218 g/mol. The molecule has 0 saturated heterocycles. The van der Waals surface area contributed by atoms with Crippen molar-refractivity contribution in [3.8, 4) is 0 Å². The van der Waals surface area contributed by atoms with Crippen LogP contribution in [-0.4, -0.2) is 15.5 Å². The van der Waals surface area contributed by atoms with E-state index >= 15 is 0 Å². The van der Waals surface area contributed by atoms with E-state index in [2.05, 4.69) is 4.98 Å². The number of nitrogens with zero attached hydrogens (tertiary/aromatic N) is 2. The molecule has 0 radical (unpaired) electrons. The van der Waals surface area contributed by atoms with Crippen molar-refractivity contribution in [3.05, 3.63) is 23.8 Å². The number of benzene rings is 1. The Morgan fingerprint density at radius 1 is 1.50 bits per heavy atom. The summed E-state index contributed by atoms with van der Waals surface area (Å²) in [6, 6.07) is 5.28. The fraction of sp³-hybridized carbons (Fsp3) is 0.273. The van der Waals surface area contributed by atoms with Crippen molar-refractivity contribution in [3.63, 3.8) is 0 Å². The monoisotopic (exact) mass is 218 g/mol. The lowest BCUT2D eigenvalue weighted by Gasteiger charge is -2.12. The van der Waals surface area contributed by atoms with Crippen molar-refractivity contribution in [2.45, 2.75) is 19.9 Å². The van der Waals surface area contributed by atoms with E-state index in [4.69, 9.17) is 11.5 Å². The maximum absolute atomic E-state index is 11.2. The van der Waals surface area contributed by atoms with E-state index < -0.39 is 11.9 Å². The van der Waals surface area contributed by atoms with Gasteiger partial charge >= 0.3 is 0 Å². The number of aryl methyl sites for hydroxylation is 1. The molecule has 2 aromatic rings. The van der Waals surface area contributed by atoms with Crippen LogP contribution < -0.4 is 11.5 Å². The number of aromatic nitrogens is 2. The predicted molar refractivity (Wildman–Crippen MR) is 62.8 cm³/mol. The molecule has 1 unspecified atom stereocenters. The second-order valence-electron chi connectivity index (χ2n) is 3.91. The number of imidazole rings is 1. The molecule has 1 heterocycles. The van der Waals surface area contributed by atoms with Gasteiger partial charge in [-0.25, -0.2) is 4.98 Å². The van der Waals surface area contributed by atoms with Gasteiger partial charge in [0.05, 0.1) is 11.0 Å². The van der Waals surface area contributed by atoms with Crippen LogP contribution in [0.15, 0.2) is 18.2 Å². The summed E-state index contributed by atoms with van der Waals surface area (Å²) in [5, 5.41) is 0. The maximum Gasteiger partial charge on any atom is 0.240 e. The third kappa shape index (κ3) is 1.50. The Balaban J connectivity index is 2.72. The van der Waals surface area contributed by atoms with Crippen LogP contribution in [-0.2, 0) is 4.79 Å². The molecule has 5 heteroatoms. The van der Waals surface area contributed by atoms with Crippen molar-refractivity contribution in [2.24, 2.45) is 5.73 Å². The van der Waals surface area contributed by atoms with Crippen LogP contribution in [0.25, 0.3) is 11.0 Å². The van der Waals surface area contributed by atoms with Gasteiger partial charge in [0.25, 0.3) is 0 Å². The first-order valence-corrected chi connectivity index (χ1v) is 5.04. The van der Waals surface area contributed by atoms with E-state index in [9.17, 15) is 4.79 Å². The Bertz CT molecular complexity index is 558. The Labute approximate surface area is 93.1 Å². The number of carbonyl (C=O) groups is 1. The van der Waals surface area contributed by atoms with Crippen molar-refractivity contribution in [1.29, 1.82) is 0 Å². The topological polar surface area (TPSA) is 86.9 Å². The van der Waals surface area contributed by atoms with E-state index in [0.29, 0.717) is 5.95 Å². The predicted octanol–water partition coefficient (Wildman–Crippen LogP) is 0.973. The molecular weight excluding hydrogens is 204 g/mol. The van der Waals surface area contributed by atoms with Gasteiger partial charge in [-0.1, -0.05) is 6.07 Å². The van der Waals surface area contributed by atoms with Gasteiger partial charge < -0.3 is 11.5 Å². The molecule has 1 atom stereocenters. The van der Waals surface area contributed by atoms with Gasteiger partial charge in [-0.05, 0) is 31.5 Å². The number of carbonyl (C=O) groups excluding carboxylic acids is 1. The van der Waals surface area contributed by atoms with Crippen molar-refractivity contribution >= 4 is 22.9 Å². The zero-order valence-electron chi connectivity index (χ0n) is 9.27. The molecule has 0 fully saturated rings. The number of primary amides is 1. The molecular formula is C11H14N4O. The number of fused-ring (bicyclic) bond motifs is 1. The summed E-state index contributed by atoms with van der Waals surface area (Å²) in [5.74, 6) is -0.112. The second-order valence-corrected chi connectivity index (χ2v) is 3.91. The van der Waals surface area contributed by atoms with Crippen LogP contribution in [0.1, 0.15) is 18.5 Å². The quantitative estimate of drug-likeness (QED) is 0.787. The van der Waals surface area contributed by atoms with E-state index in [1.54, 1.807) is 11.5 Å². The molecule has 0 bridgehead atoms. The van der Waals surface area contributed by atoms with Gasteiger partial charge in [0.1, 0.15) is 6.04 Å². The highest BCUT2D eigenvalue weighted by molar-refractivity contribution is 5.84. The molecule has 0 saturated carbocycles. The highest BCUT2D eigenvalue weighted by atomic mass is 16.1. The summed E-state index contributed by atoms with van der Waals surface area (Å²) in [6.07, 6.45) is 0. The minimum Gasteiger partial charge on any atom is -0.369 e. The van der Waals surface area contributed by atoms with Gasteiger partial charge in [0, 0.05) is 0 Å². The first-order valence-electron chi connectivity index (χ1n) is 5.04. The molecule has 1 amide bonds. The smallest absolute Gasteiger partial charge is 0.240 e. The first kappa shape index (κ1) is 10.5. The number of hydrogen-bond acceptors (Lipinski definition) is 3. The van der Waals surface area contributed by atoms with Crippen LogP contribution in [0.4, 0.5) is 5.95 Å². The molecule has 0 aliphatic rings. The molecule has 0 aliphatic heterocycles. The summed E-state index contributed by atoms with van der Waals surface area (Å²) in [5.41, 5.74) is 13.8. The normalized spacial score (nSPS) is 12.9. The van der Waals surface area contributed by atoms with Gasteiger partial charge in [-0.15, -0.1) is 0 Å². The Morgan fingerprint density at radius 3 is 2.81 bits per heavy atom. The standard InChI is InChI=1S/C11H14N4O/c1-6-3-4-8-9(5-6)15(11(13)14-8)7(2)10(12)16/h3-5,7H,1-2H3,(H2,12,16)(H2,13,14). The third-order valence-corrected chi connectivity index (χ3v) is 2.67. The van der Waals surface area contributed by atoms with Crippen molar-refractivity contribution < 1.29 is 4.79 Å². The summed E-state index contributed by atoms with van der Waals surface area (Å²) >= 11 is 0. The average Bonchev–Trinajstić information content (AvgIpc) is 2.52. The SMILES string of the molecule is Cc1ccc2nc(N)n(C(C)C(N)=O)c2c1. The van der Waals surface area contributed by atoms with Crippen LogP contribution in [0.3, 0.4) is 0 Å². The lowest BCUT2D eigenvalue weighted by atomic mass is 10.2. The van der Waals surface area contributed by atoms with Crippen LogP contribution in [0, 0.1) is 6.92 Å². The molecule has 1 aromatic heterocycles. The fourth-order valence-electron chi connectivity index (χ4n) is 1.76. The summed E-state index contributed by atoms with van der Waals surface area (Å²) in [4.78, 5) is 15.4. The number of anilines is 1. The largest absolute Gasteiger partial charge is 0.369 e. The van der Waals surface area contributed by atoms with Crippen LogP contribution in [0.2, 0.25) is 0 Å². The first-order chi connectivity index (χ1) is 7.50. The van der Waals surface area contributed by atoms with Gasteiger partial charge in [-0.3, -0.25) is 9.36 Å². The highest BCUT2D eigenvalue weighted by Crippen LogP contribution is 2.23.